The zero-order chi connectivity index (χ0) is 18.9. The van der Waals surface area contributed by atoms with Crippen LogP contribution in [0.1, 0.15) is 34.6 Å². The van der Waals surface area contributed by atoms with Crippen molar-refractivity contribution in [3.05, 3.63) is 81.8 Å². The van der Waals surface area contributed by atoms with Crippen LogP contribution in [0, 0.1) is 0 Å². The van der Waals surface area contributed by atoms with Gasteiger partial charge < -0.3 is 10.3 Å². The molecule has 1 aromatic heterocycles. The number of halogens is 3. The minimum absolute atomic E-state index is 0.0902. The summed E-state index contributed by atoms with van der Waals surface area (Å²) in [6.45, 7) is 1.65. The third-order valence-electron chi connectivity index (χ3n) is 4.08. The van der Waals surface area contributed by atoms with E-state index in [0.29, 0.717) is 16.3 Å². The van der Waals surface area contributed by atoms with Crippen LogP contribution in [0.4, 0.5) is 13.2 Å². The molecule has 7 heteroatoms. The molecule has 0 spiro atoms. The summed E-state index contributed by atoms with van der Waals surface area (Å²) in [5, 5.41) is 3.77. The number of carbonyl (C=O) groups excluding carboxylic acids is 1. The van der Waals surface area contributed by atoms with Crippen LogP contribution in [0.5, 0.6) is 0 Å². The van der Waals surface area contributed by atoms with Crippen molar-refractivity contribution in [2.45, 2.75) is 19.1 Å². The van der Waals surface area contributed by atoms with Gasteiger partial charge in [-0.2, -0.15) is 13.2 Å². The lowest BCUT2D eigenvalue weighted by molar-refractivity contribution is -0.137. The van der Waals surface area contributed by atoms with Crippen LogP contribution < -0.4 is 10.9 Å². The third kappa shape index (κ3) is 3.61. The van der Waals surface area contributed by atoms with E-state index in [2.05, 4.69) is 10.3 Å². The average Bonchev–Trinajstić information content (AvgIpc) is 2.61. The van der Waals surface area contributed by atoms with E-state index >= 15 is 0 Å². The Kier molecular flexibility index (Phi) is 4.54. The van der Waals surface area contributed by atoms with Gasteiger partial charge in [-0.25, -0.2) is 0 Å². The number of hydrogen-bond acceptors (Lipinski definition) is 2. The van der Waals surface area contributed by atoms with E-state index in [0.717, 1.165) is 12.1 Å². The molecule has 1 atom stereocenters. The maximum Gasteiger partial charge on any atom is 0.416 e. The molecule has 3 aromatic rings. The molecule has 1 heterocycles. The van der Waals surface area contributed by atoms with Crippen LogP contribution >= 0.6 is 0 Å². The zero-order valence-electron chi connectivity index (χ0n) is 13.7. The summed E-state index contributed by atoms with van der Waals surface area (Å²) >= 11 is 0. The number of hydrogen-bond donors (Lipinski definition) is 2. The van der Waals surface area contributed by atoms with Crippen LogP contribution in [0.25, 0.3) is 10.8 Å². The van der Waals surface area contributed by atoms with E-state index in [1.165, 1.54) is 12.1 Å². The number of nitrogens with one attached hydrogen (secondary N) is 2. The molecule has 0 aliphatic heterocycles. The first kappa shape index (κ1) is 17.7. The molecule has 1 amide bonds. The molecule has 3 rings (SSSR count). The largest absolute Gasteiger partial charge is 0.416 e. The van der Waals surface area contributed by atoms with Crippen LogP contribution in [-0.2, 0) is 6.18 Å². The second kappa shape index (κ2) is 6.67. The third-order valence-corrected chi connectivity index (χ3v) is 4.08. The van der Waals surface area contributed by atoms with Crippen molar-refractivity contribution in [1.82, 2.24) is 10.3 Å². The van der Waals surface area contributed by atoms with E-state index in [1.54, 1.807) is 37.3 Å². The van der Waals surface area contributed by atoms with Gasteiger partial charge in [0.15, 0.2) is 0 Å². The van der Waals surface area contributed by atoms with Gasteiger partial charge in [0.1, 0.15) is 5.69 Å². The molecular formula is C19H15F3N2O2. The molecule has 2 aromatic carbocycles. The maximum atomic E-state index is 12.6. The highest BCUT2D eigenvalue weighted by molar-refractivity contribution is 5.96. The van der Waals surface area contributed by atoms with Gasteiger partial charge >= 0.3 is 6.18 Å². The number of aromatic amines is 1. The highest BCUT2D eigenvalue weighted by atomic mass is 19.4. The normalized spacial score (nSPS) is 12.8. The lowest BCUT2D eigenvalue weighted by Gasteiger charge is -2.15. The SMILES string of the molecule is CC(NC(=O)c1cc2ccccc2c(=O)[nH]1)c1ccc(C(F)(F)F)cc1. The number of H-pyrrole nitrogens is 1. The van der Waals surface area contributed by atoms with Gasteiger partial charge in [-0.05, 0) is 42.1 Å². The van der Waals surface area contributed by atoms with E-state index in [9.17, 15) is 22.8 Å². The Hall–Kier alpha value is -3.09. The Balaban J connectivity index is 1.80. The Morgan fingerprint density at radius 2 is 1.73 bits per heavy atom. The first-order valence-electron chi connectivity index (χ1n) is 7.86. The predicted octanol–water partition coefficient (Wildman–Crippen LogP) is 4.04. The number of benzene rings is 2. The smallest absolute Gasteiger partial charge is 0.344 e. The molecule has 0 radical (unpaired) electrons. The monoisotopic (exact) mass is 360 g/mol. The van der Waals surface area contributed by atoms with Crippen molar-refractivity contribution in [1.29, 1.82) is 0 Å². The van der Waals surface area contributed by atoms with Crippen molar-refractivity contribution in [2.24, 2.45) is 0 Å². The molecule has 2 N–H and O–H groups in total. The molecule has 26 heavy (non-hydrogen) atoms. The second-order valence-corrected chi connectivity index (χ2v) is 5.91. The Morgan fingerprint density at radius 1 is 1.08 bits per heavy atom. The van der Waals surface area contributed by atoms with Gasteiger partial charge in [0, 0.05) is 5.39 Å². The number of rotatable bonds is 3. The topological polar surface area (TPSA) is 62.0 Å². The first-order chi connectivity index (χ1) is 12.3. The second-order valence-electron chi connectivity index (χ2n) is 5.91. The summed E-state index contributed by atoms with van der Waals surface area (Å²) in [4.78, 5) is 27.0. The number of alkyl halides is 3. The minimum Gasteiger partial charge on any atom is -0.344 e. The Labute approximate surface area is 146 Å². The molecule has 0 saturated carbocycles. The van der Waals surface area contributed by atoms with Crippen LogP contribution in [-0.4, -0.2) is 10.9 Å². The molecular weight excluding hydrogens is 345 g/mol. The average molecular weight is 360 g/mol. The van der Waals surface area contributed by atoms with Crippen molar-refractivity contribution >= 4 is 16.7 Å². The Morgan fingerprint density at radius 3 is 2.38 bits per heavy atom. The Bertz CT molecular complexity index is 1010. The highest BCUT2D eigenvalue weighted by Crippen LogP contribution is 2.29. The van der Waals surface area contributed by atoms with E-state index in [4.69, 9.17) is 0 Å². The summed E-state index contributed by atoms with van der Waals surface area (Å²) < 4.78 is 37.8. The van der Waals surface area contributed by atoms with Crippen molar-refractivity contribution < 1.29 is 18.0 Å². The number of fused-ring (bicyclic) bond motifs is 1. The number of pyridine rings is 1. The summed E-state index contributed by atoms with van der Waals surface area (Å²) in [5.74, 6) is -0.514. The summed E-state index contributed by atoms with van der Waals surface area (Å²) in [7, 11) is 0. The fourth-order valence-corrected chi connectivity index (χ4v) is 2.65. The van der Waals surface area contributed by atoms with Crippen molar-refractivity contribution in [3.63, 3.8) is 0 Å². The predicted molar refractivity (Wildman–Crippen MR) is 91.9 cm³/mol. The maximum absolute atomic E-state index is 12.6. The fraction of sp³-hybridized carbons (Fsp3) is 0.158. The van der Waals surface area contributed by atoms with E-state index in [1.807, 2.05) is 0 Å². The molecule has 0 aliphatic rings. The molecule has 0 bridgehead atoms. The quantitative estimate of drug-likeness (QED) is 0.741. The molecule has 0 fully saturated rings. The van der Waals surface area contributed by atoms with Crippen LogP contribution in [0.2, 0.25) is 0 Å². The van der Waals surface area contributed by atoms with Crippen LogP contribution in [0.3, 0.4) is 0 Å². The lowest BCUT2D eigenvalue weighted by Crippen LogP contribution is -2.29. The van der Waals surface area contributed by atoms with Crippen molar-refractivity contribution in [2.75, 3.05) is 0 Å². The molecule has 1 unspecified atom stereocenters. The van der Waals surface area contributed by atoms with Crippen molar-refractivity contribution in [3.8, 4) is 0 Å². The standard InChI is InChI=1S/C19H15F3N2O2/c1-11(12-6-8-14(9-7-12)19(20,21)22)23-18(26)16-10-13-4-2-3-5-15(13)17(25)24-16/h2-11H,1H3,(H,23,26)(H,24,25). The molecule has 134 valence electrons. The van der Waals surface area contributed by atoms with Gasteiger partial charge in [-0.1, -0.05) is 30.3 Å². The number of carbonyl (C=O) groups is 1. The fourth-order valence-electron chi connectivity index (χ4n) is 2.65. The number of aromatic nitrogens is 1. The molecule has 0 aliphatic carbocycles. The molecule has 0 saturated heterocycles. The van der Waals surface area contributed by atoms with Crippen LogP contribution in [0.15, 0.2) is 59.4 Å². The first-order valence-corrected chi connectivity index (χ1v) is 7.86. The van der Waals surface area contributed by atoms with Gasteiger partial charge in [0.25, 0.3) is 11.5 Å². The minimum atomic E-state index is -4.41. The van der Waals surface area contributed by atoms with E-state index < -0.39 is 23.7 Å². The molecule has 4 nitrogen and oxygen atoms in total. The van der Waals surface area contributed by atoms with Gasteiger partial charge in [0.05, 0.1) is 11.6 Å². The van der Waals surface area contributed by atoms with Gasteiger partial charge in [-0.15, -0.1) is 0 Å². The van der Waals surface area contributed by atoms with Gasteiger partial charge in [-0.3, -0.25) is 9.59 Å². The summed E-state index contributed by atoms with van der Waals surface area (Å²) in [5.41, 5.74) is -0.518. The highest BCUT2D eigenvalue weighted by Gasteiger charge is 2.30. The van der Waals surface area contributed by atoms with E-state index in [-0.39, 0.29) is 11.3 Å². The summed E-state index contributed by atoms with van der Waals surface area (Å²) in [6.07, 6.45) is -4.41. The lowest BCUT2D eigenvalue weighted by atomic mass is 10.1. The summed E-state index contributed by atoms with van der Waals surface area (Å²) in [6, 6.07) is 12.5. The number of amides is 1. The van der Waals surface area contributed by atoms with Gasteiger partial charge in [0.2, 0.25) is 0 Å². The zero-order valence-corrected chi connectivity index (χ0v) is 13.7.